The van der Waals surface area contributed by atoms with Crippen LogP contribution in [-0.4, -0.2) is 48.0 Å². The molecule has 0 N–H and O–H groups in total. The lowest BCUT2D eigenvalue weighted by Gasteiger charge is -2.36. The molecule has 0 bridgehead atoms. The molecule has 186 valence electrons. The average molecular weight is 482 g/mol. The van der Waals surface area contributed by atoms with E-state index in [0.717, 1.165) is 11.1 Å². The van der Waals surface area contributed by atoms with Gasteiger partial charge in [0.15, 0.2) is 6.10 Å². The first-order chi connectivity index (χ1) is 17.0. The monoisotopic (exact) mass is 481 g/mol. The zero-order valence-corrected chi connectivity index (χ0v) is 19.8. The van der Waals surface area contributed by atoms with E-state index in [1.165, 1.54) is 12.2 Å². The fraction of sp³-hybridized carbons (Fsp3) is 0.370. The molecule has 2 aromatic carbocycles. The predicted molar refractivity (Wildman–Crippen MR) is 130 cm³/mol. The minimum Gasteiger partial charge on any atom is -0.461 e. The van der Waals surface area contributed by atoms with E-state index in [1.54, 1.807) is 13.0 Å². The first-order valence-electron chi connectivity index (χ1n) is 11.5. The molecular weight excluding hydrogens is 450 g/mol. The second kappa shape index (κ2) is 12.9. The molecule has 2 aromatic rings. The summed E-state index contributed by atoms with van der Waals surface area (Å²) < 4.78 is 23.2. The lowest BCUT2D eigenvalue weighted by Crippen LogP contribution is -2.59. The Labute approximate surface area is 205 Å². The molecule has 8 heteroatoms. The van der Waals surface area contributed by atoms with Gasteiger partial charge in [0.2, 0.25) is 0 Å². The molecular formula is C27H31NO7. The summed E-state index contributed by atoms with van der Waals surface area (Å²) in [6, 6.07) is 19.3. The fourth-order valence-corrected chi connectivity index (χ4v) is 3.89. The first-order valence-corrected chi connectivity index (χ1v) is 11.5. The van der Waals surface area contributed by atoms with E-state index in [-0.39, 0.29) is 19.6 Å². The van der Waals surface area contributed by atoms with Gasteiger partial charge in [-0.1, -0.05) is 72.8 Å². The Morgan fingerprint density at radius 2 is 1.71 bits per heavy atom. The third-order valence-electron chi connectivity index (χ3n) is 5.72. The molecule has 4 atom stereocenters. The maximum absolute atomic E-state index is 12.8. The smallest absolute Gasteiger partial charge is 0.388 e. The van der Waals surface area contributed by atoms with Crippen LogP contribution < -0.4 is 0 Å². The van der Waals surface area contributed by atoms with Crippen molar-refractivity contribution in [3.05, 3.63) is 107 Å². The molecule has 0 saturated heterocycles. The number of carbonyl (C=O) groups is 1. The van der Waals surface area contributed by atoms with Crippen LogP contribution in [0.5, 0.6) is 0 Å². The molecule has 1 aliphatic rings. The van der Waals surface area contributed by atoms with Gasteiger partial charge in [-0.15, -0.1) is 6.58 Å². The number of carbonyl (C=O) groups excluding carboxylic acids is 1. The molecule has 0 aliphatic carbocycles. The van der Waals surface area contributed by atoms with Crippen molar-refractivity contribution in [2.24, 2.45) is 0 Å². The minimum absolute atomic E-state index is 0.00836. The molecule has 8 nitrogen and oxygen atoms in total. The second-order valence-corrected chi connectivity index (χ2v) is 8.14. The Morgan fingerprint density at radius 1 is 1.09 bits per heavy atom. The van der Waals surface area contributed by atoms with Gasteiger partial charge in [0.25, 0.3) is 0 Å². The molecule has 0 amide bonds. The van der Waals surface area contributed by atoms with Gasteiger partial charge in [-0.2, -0.15) is 0 Å². The quantitative estimate of drug-likeness (QED) is 0.182. The van der Waals surface area contributed by atoms with Crippen molar-refractivity contribution in [2.75, 3.05) is 13.2 Å². The van der Waals surface area contributed by atoms with E-state index >= 15 is 0 Å². The van der Waals surface area contributed by atoms with E-state index in [2.05, 4.69) is 6.58 Å². The third-order valence-corrected chi connectivity index (χ3v) is 5.72. The number of nitrogens with zero attached hydrogens (tertiary/aromatic N) is 1. The molecule has 4 unspecified atom stereocenters. The van der Waals surface area contributed by atoms with Gasteiger partial charge in [-0.05, 0) is 24.1 Å². The largest absolute Gasteiger partial charge is 0.461 e. The van der Waals surface area contributed by atoms with Gasteiger partial charge in [-0.3, -0.25) is 10.1 Å². The molecule has 3 rings (SSSR count). The normalized spacial score (nSPS) is 21.1. The zero-order chi connectivity index (χ0) is 25.1. The molecule has 35 heavy (non-hydrogen) atoms. The summed E-state index contributed by atoms with van der Waals surface area (Å²) in [4.78, 5) is 24.4. The number of benzene rings is 2. The summed E-state index contributed by atoms with van der Waals surface area (Å²) in [5, 5.41) is 12.2. The highest BCUT2D eigenvalue weighted by Crippen LogP contribution is 2.31. The van der Waals surface area contributed by atoms with Crippen molar-refractivity contribution < 1.29 is 28.7 Å². The maximum atomic E-state index is 12.8. The summed E-state index contributed by atoms with van der Waals surface area (Å²) in [5.41, 5.74) is -0.198. The summed E-state index contributed by atoms with van der Waals surface area (Å²) in [7, 11) is 0. The molecule has 0 radical (unpaired) electrons. The van der Waals surface area contributed by atoms with Crippen molar-refractivity contribution in [3.63, 3.8) is 0 Å². The molecule has 0 saturated carbocycles. The number of hydrogen-bond acceptors (Lipinski definition) is 7. The van der Waals surface area contributed by atoms with Crippen LogP contribution in [0.3, 0.4) is 0 Å². The van der Waals surface area contributed by atoms with Crippen molar-refractivity contribution in [3.8, 4) is 0 Å². The zero-order valence-electron chi connectivity index (χ0n) is 19.8. The summed E-state index contributed by atoms with van der Waals surface area (Å²) in [6.45, 7) is 5.98. The van der Waals surface area contributed by atoms with Crippen LogP contribution in [0, 0.1) is 10.1 Å². The predicted octanol–water partition coefficient (Wildman–Crippen LogP) is 4.27. The van der Waals surface area contributed by atoms with E-state index < -0.39 is 34.7 Å². The highest BCUT2D eigenvalue weighted by Gasteiger charge is 2.59. The van der Waals surface area contributed by atoms with E-state index in [9.17, 15) is 14.9 Å². The Bertz CT molecular complexity index is 995. The van der Waals surface area contributed by atoms with Gasteiger partial charge in [0.05, 0.1) is 32.8 Å². The van der Waals surface area contributed by atoms with Crippen LogP contribution in [0.1, 0.15) is 24.5 Å². The van der Waals surface area contributed by atoms with Gasteiger partial charge >= 0.3 is 11.5 Å². The van der Waals surface area contributed by atoms with Crippen molar-refractivity contribution in [1.82, 2.24) is 0 Å². The minimum atomic E-state index is -2.16. The van der Waals surface area contributed by atoms with Crippen LogP contribution >= 0.6 is 0 Å². The summed E-state index contributed by atoms with van der Waals surface area (Å²) >= 11 is 0. The standard InChI is InChI=1S/C27H31NO7/c1-3-17-27(28(30)31,26(29)33-4-2)25-16-15-23(34-19-22-13-9-6-10-14-22)24(35-25)20-32-18-21-11-7-5-8-12-21/h3,5-16,23-25H,1,4,17-20H2,2H3. The lowest BCUT2D eigenvalue weighted by atomic mass is 9.86. The maximum Gasteiger partial charge on any atom is 0.388 e. The number of ether oxygens (including phenoxy) is 4. The molecule has 0 spiro atoms. The Morgan fingerprint density at radius 3 is 2.29 bits per heavy atom. The summed E-state index contributed by atoms with van der Waals surface area (Å²) in [5.74, 6) is -0.966. The van der Waals surface area contributed by atoms with E-state index in [0.29, 0.717) is 13.2 Å². The lowest BCUT2D eigenvalue weighted by molar-refractivity contribution is -0.567. The van der Waals surface area contributed by atoms with E-state index in [4.69, 9.17) is 18.9 Å². The Kier molecular flexibility index (Phi) is 9.72. The van der Waals surface area contributed by atoms with Crippen molar-refractivity contribution in [2.45, 2.75) is 50.4 Å². The Hall–Kier alpha value is -3.33. The molecule has 0 fully saturated rings. The number of nitro groups is 1. The molecule has 0 aromatic heterocycles. The average Bonchev–Trinajstić information content (AvgIpc) is 2.87. The van der Waals surface area contributed by atoms with Crippen LogP contribution in [0.15, 0.2) is 85.5 Å². The Balaban J connectivity index is 1.82. The van der Waals surface area contributed by atoms with Crippen LogP contribution in [0.2, 0.25) is 0 Å². The first kappa shape index (κ1) is 26.3. The van der Waals surface area contributed by atoms with E-state index in [1.807, 2.05) is 60.7 Å². The number of rotatable bonds is 13. The molecule has 1 aliphatic heterocycles. The third kappa shape index (κ3) is 6.63. The van der Waals surface area contributed by atoms with Gasteiger partial charge in [-0.25, -0.2) is 4.79 Å². The summed E-state index contributed by atoms with van der Waals surface area (Å²) in [6.07, 6.45) is 1.89. The van der Waals surface area contributed by atoms with Gasteiger partial charge < -0.3 is 18.9 Å². The highest BCUT2D eigenvalue weighted by molar-refractivity contribution is 5.81. The van der Waals surface area contributed by atoms with Crippen LogP contribution in [-0.2, 0) is 37.0 Å². The number of hydrogen-bond donors (Lipinski definition) is 0. The van der Waals surface area contributed by atoms with Gasteiger partial charge in [0.1, 0.15) is 12.2 Å². The second-order valence-electron chi connectivity index (χ2n) is 8.14. The number of esters is 1. The highest BCUT2D eigenvalue weighted by atomic mass is 16.7. The van der Waals surface area contributed by atoms with Gasteiger partial charge in [0, 0.05) is 4.92 Å². The topological polar surface area (TPSA) is 97.1 Å². The molecule has 1 heterocycles. The van der Waals surface area contributed by atoms with Crippen molar-refractivity contribution >= 4 is 5.97 Å². The fourth-order valence-electron chi connectivity index (χ4n) is 3.89. The SMILES string of the molecule is C=CCC(C(=O)OCC)(C1C=CC(OCc2ccccc2)C(COCc2ccccc2)O1)[N+](=O)[O-]. The van der Waals surface area contributed by atoms with Crippen molar-refractivity contribution in [1.29, 1.82) is 0 Å². The van der Waals surface area contributed by atoms with Crippen LogP contribution in [0.4, 0.5) is 0 Å². The van der Waals surface area contributed by atoms with Crippen LogP contribution in [0.25, 0.3) is 0 Å².